The summed E-state index contributed by atoms with van der Waals surface area (Å²) in [6.07, 6.45) is -1.83. The van der Waals surface area contributed by atoms with Crippen molar-refractivity contribution in [2.45, 2.75) is 12.6 Å². The molecule has 4 N–H and O–H groups in total. The molecule has 1 aromatic rings. The molecular weight excluding hydrogens is 285 g/mol. The normalized spacial score (nSPS) is 15.5. The lowest BCUT2D eigenvalue weighted by atomic mass is 10.1. The van der Waals surface area contributed by atoms with Gasteiger partial charge in [-0.25, -0.2) is 4.98 Å². The molecule has 0 bridgehead atoms. The summed E-state index contributed by atoms with van der Waals surface area (Å²) in [5.41, 5.74) is 5.08. The van der Waals surface area contributed by atoms with Gasteiger partial charge in [0.25, 0.3) is 5.91 Å². The van der Waals surface area contributed by atoms with E-state index in [1.807, 2.05) is 6.08 Å². The van der Waals surface area contributed by atoms with E-state index in [0.29, 0.717) is 6.54 Å². The fourth-order valence-corrected chi connectivity index (χ4v) is 1.98. The van der Waals surface area contributed by atoms with E-state index >= 15 is 0 Å². The summed E-state index contributed by atoms with van der Waals surface area (Å²) in [5, 5.41) is 5.90. The Kier molecular flexibility index (Phi) is 4.46. The number of anilines is 1. The van der Waals surface area contributed by atoms with Gasteiger partial charge >= 0.3 is 6.18 Å². The number of carbonyl (C=O) groups excluding carboxylic acids is 1. The van der Waals surface area contributed by atoms with Gasteiger partial charge in [-0.1, -0.05) is 11.6 Å². The van der Waals surface area contributed by atoms with Gasteiger partial charge in [-0.3, -0.25) is 4.79 Å². The molecule has 114 valence electrons. The Balaban J connectivity index is 2.22. The highest BCUT2D eigenvalue weighted by Gasteiger charge is 2.33. The number of hydrogen-bond donors (Lipinski definition) is 3. The van der Waals surface area contributed by atoms with E-state index in [9.17, 15) is 18.0 Å². The average Bonchev–Trinajstić information content (AvgIpc) is 2.45. The number of carbonyl (C=O) groups is 1. The molecule has 2 rings (SSSR count). The van der Waals surface area contributed by atoms with Gasteiger partial charge in [0.2, 0.25) is 0 Å². The smallest absolute Gasteiger partial charge is 0.366 e. The van der Waals surface area contributed by atoms with Crippen LogP contribution < -0.4 is 16.4 Å². The van der Waals surface area contributed by atoms with Crippen molar-refractivity contribution in [3.05, 3.63) is 35.0 Å². The lowest BCUT2D eigenvalue weighted by Crippen LogP contribution is -2.24. The number of halogens is 3. The monoisotopic (exact) mass is 300 g/mol. The standard InChI is InChI=1S/C13H15F3N4O/c14-13(15,16)10-2-1-9(11(17)21)12(20-10)19-7-8-3-5-18-6-4-8/h1-3,18H,4-7H2,(H2,17,21)(H,19,20). The summed E-state index contributed by atoms with van der Waals surface area (Å²) in [4.78, 5) is 14.7. The molecule has 21 heavy (non-hydrogen) atoms. The number of aromatic nitrogens is 1. The van der Waals surface area contributed by atoms with E-state index in [0.717, 1.165) is 37.2 Å². The molecule has 0 aliphatic carbocycles. The minimum Gasteiger partial charge on any atom is -0.366 e. The third-order valence-corrected chi connectivity index (χ3v) is 3.09. The number of nitrogens with zero attached hydrogens (tertiary/aromatic N) is 1. The summed E-state index contributed by atoms with van der Waals surface area (Å²) in [7, 11) is 0. The Labute approximate surface area is 119 Å². The molecule has 0 fully saturated rings. The van der Waals surface area contributed by atoms with Crippen molar-refractivity contribution in [3.8, 4) is 0 Å². The van der Waals surface area contributed by atoms with Gasteiger partial charge in [0.15, 0.2) is 0 Å². The van der Waals surface area contributed by atoms with Crippen molar-refractivity contribution in [2.75, 3.05) is 25.0 Å². The predicted octanol–water partition coefficient (Wildman–Crippen LogP) is 1.53. The zero-order valence-corrected chi connectivity index (χ0v) is 11.1. The SMILES string of the molecule is NC(=O)c1ccc(C(F)(F)F)nc1NCC1=CCNCC1. The van der Waals surface area contributed by atoms with Gasteiger partial charge < -0.3 is 16.4 Å². The third-order valence-electron chi connectivity index (χ3n) is 3.09. The van der Waals surface area contributed by atoms with Crippen molar-refractivity contribution in [3.63, 3.8) is 0 Å². The Hall–Kier alpha value is -2.09. The maximum absolute atomic E-state index is 12.7. The van der Waals surface area contributed by atoms with Gasteiger partial charge in [-0.2, -0.15) is 13.2 Å². The number of pyridine rings is 1. The minimum absolute atomic E-state index is 0.0578. The molecule has 0 unspecified atom stereocenters. The summed E-state index contributed by atoms with van der Waals surface area (Å²) in [6, 6.07) is 1.78. The maximum atomic E-state index is 12.7. The molecule has 8 heteroatoms. The van der Waals surface area contributed by atoms with Crippen molar-refractivity contribution in [1.29, 1.82) is 0 Å². The number of alkyl halides is 3. The lowest BCUT2D eigenvalue weighted by molar-refractivity contribution is -0.141. The number of hydrogen-bond acceptors (Lipinski definition) is 4. The molecule has 1 aliphatic rings. The molecule has 0 spiro atoms. The molecular formula is C13H15F3N4O. The third kappa shape index (κ3) is 3.94. The first-order valence-corrected chi connectivity index (χ1v) is 6.38. The van der Waals surface area contributed by atoms with Gasteiger partial charge in [0, 0.05) is 13.1 Å². The van der Waals surface area contributed by atoms with Crippen LogP contribution in [0.4, 0.5) is 19.0 Å². The van der Waals surface area contributed by atoms with Crippen molar-refractivity contribution < 1.29 is 18.0 Å². The van der Waals surface area contributed by atoms with Crippen molar-refractivity contribution in [1.82, 2.24) is 10.3 Å². The molecule has 1 aliphatic heterocycles. The number of amides is 1. The van der Waals surface area contributed by atoms with Gasteiger partial charge in [0.05, 0.1) is 5.56 Å². The molecule has 0 radical (unpaired) electrons. The quantitative estimate of drug-likeness (QED) is 0.737. The Bertz CT molecular complexity index is 569. The number of nitrogens with one attached hydrogen (secondary N) is 2. The summed E-state index contributed by atoms with van der Waals surface area (Å²) >= 11 is 0. The summed E-state index contributed by atoms with van der Waals surface area (Å²) < 4.78 is 38.0. The van der Waals surface area contributed by atoms with Crippen molar-refractivity contribution in [2.24, 2.45) is 5.73 Å². The van der Waals surface area contributed by atoms with E-state index in [2.05, 4.69) is 15.6 Å². The minimum atomic E-state index is -4.57. The maximum Gasteiger partial charge on any atom is 0.433 e. The van der Waals surface area contributed by atoms with Crippen LogP contribution in [0.3, 0.4) is 0 Å². The zero-order chi connectivity index (χ0) is 15.5. The van der Waals surface area contributed by atoms with Gasteiger partial charge in [-0.15, -0.1) is 0 Å². The first kappa shape index (κ1) is 15.3. The van der Waals surface area contributed by atoms with Crippen LogP contribution in [0, 0.1) is 0 Å². The molecule has 0 atom stereocenters. The van der Waals surface area contributed by atoms with Crippen LogP contribution in [0.25, 0.3) is 0 Å². The molecule has 1 amide bonds. The van der Waals surface area contributed by atoms with Crippen LogP contribution in [0.1, 0.15) is 22.5 Å². The van der Waals surface area contributed by atoms with Gasteiger partial charge in [-0.05, 0) is 25.1 Å². The zero-order valence-electron chi connectivity index (χ0n) is 11.1. The molecule has 0 saturated carbocycles. The second kappa shape index (κ2) is 6.13. The Morgan fingerprint density at radius 1 is 1.43 bits per heavy atom. The fourth-order valence-electron chi connectivity index (χ4n) is 1.98. The molecule has 0 aromatic carbocycles. The van der Waals surface area contributed by atoms with Crippen LogP contribution in [0.15, 0.2) is 23.8 Å². The van der Waals surface area contributed by atoms with Crippen LogP contribution in [0.5, 0.6) is 0 Å². The lowest BCUT2D eigenvalue weighted by Gasteiger charge is -2.16. The summed E-state index contributed by atoms with van der Waals surface area (Å²) in [6.45, 7) is 1.86. The second-order valence-corrected chi connectivity index (χ2v) is 4.62. The van der Waals surface area contributed by atoms with Gasteiger partial charge in [0.1, 0.15) is 11.5 Å². The van der Waals surface area contributed by atoms with Crippen LogP contribution in [-0.4, -0.2) is 30.5 Å². The highest BCUT2D eigenvalue weighted by Crippen LogP contribution is 2.29. The van der Waals surface area contributed by atoms with Crippen LogP contribution in [-0.2, 0) is 6.18 Å². The van der Waals surface area contributed by atoms with E-state index in [-0.39, 0.29) is 11.4 Å². The second-order valence-electron chi connectivity index (χ2n) is 4.62. The number of primary amides is 1. The molecule has 5 nitrogen and oxygen atoms in total. The Morgan fingerprint density at radius 3 is 2.76 bits per heavy atom. The first-order chi connectivity index (χ1) is 9.88. The van der Waals surface area contributed by atoms with E-state index in [4.69, 9.17) is 5.73 Å². The fraction of sp³-hybridized carbons (Fsp3) is 0.385. The highest BCUT2D eigenvalue weighted by atomic mass is 19.4. The van der Waals surface area contributed by atoms with Crippen molar-refractivity contribution >= 4 is 11.7 Å². The van der Waals surface area contributed by atoms with E-state index in [1.165, 1.54) is 0 Å². The molecule has 0 saturated heterocycles. The molecule has 2 heterocycles. The summed E-state index contributed by atoms with van der Waals surface area (Å²) in [5.74, 6) is -0.963. The number of nitrogens with two attached hydrogens (primary N) is 1. The average molecular weight is 300 g/mol. The number of rotatable bonds is 4. The topological polar surface area (TPSA) is 80.0 Å². The largest absolute Gasteiger partial charge is 0.433 e. The van der Waals surface area contributed by atoms with E-state index in [1.54, 1.807) is 0 Å². The molecule has 1 aromatic heterocycles. The predicted molar refractivity (Wildman–Crippen MR) is 71.8 cm³/mol. The first-order valence-electron chi connectivity index (χ1n) is 6.38. The van der Waals surface area contributed by atoms with E-state index < -0.39 is 17.8 Å². The Morgan fingerprint density at radius 2 is 2.19 bits per heavy atom. The van der Waals surface area contributed by atoms with Crippen LogP contribution >= 0.6 is 0 Å². The van der Waals surface area contributed by atoms with Crippen LogP contribution in [0.2, 0.25) is 0 Å². The highest BCUT2D eigenvalue weighted by molar-refractivity contribution is 5.97.